The fourth-order valence-corrected chi connectivity index (χ4v) is 4.15. The lowest BCUT2D eigenvalue weighted by Gasteiger charge is -2.41. The maximum absolute atomic E-state index is 13.2. The van der Waals surface area contributed by atoms with E-state index in [4.69, 9.17) is 18.9 Å². The van der Waals surface area contributed by atoms with Gasteiger partial charge in [0.2, 0.25) is 0 Å². The summed E-state index contributed by atoms with van der Waals surface area (Å²) in [6.45, 7) is 6.85. The lowest BCUT2D eigenvalue weighted by Crippen LogP contribution is -2.57. The van der Waals surface area contributed by atoms with E-state index in [1.165, 1.54) is 9.80 Å². The van der Waals surface area contributed by atoms with Crippen LogP contribution in [0.5, 0.6) is 11.5 Å². The van der Waals surface area contributed by atoms with Gasteiger partial charge in [-0.2, -0.15) is 0 Å². The Kier molecular flexibility index (Phi) is 7.83. The Morgan fingerprint density at radius 1 is 1.17 bits per heavy atom. The van der Waals surface area contributed by atoms with Crippen molar-refractivity contribution < 1.29 is 33.6 Å². The molecule has 2 amide bonds. The van der Waals surface area contributed by atoms with E-state index in [2.05, 4.69) is 4.98 Å². The number of fused-ring (bicyclic) bond motifs is 1. The summed E-state index contributed by atoms with van der Waals surface area (Å²) in [5.41, 5.74) is 0.731. The van der Waals surface area contributed by atoms with Gasteiger partial charge in [0.05, 0.1) is 37.1 Å². The summed E-state index contributed by atoms with van der Waals surface area (Å²) < 4.78 is 22.2. The number of carbonyl (C=O) groups is 2. The van der Waals surface area contributed by atoms with Gasteiger partial charge in [-0.3, -0.25) is 9.88 Å². The van der Waals surface area contributed by atoms with E-state index in [9.17, 15) is 14.7 Å². The second-order valence-electron chi connectivity index (χ2n) is 9.84. The molecule has 1 aromatic heterocycles. The van der Waals surface area contributed by atoms with Crippen molar-refractivity contribution >= 4 is 12.2 Å². The van der Waals surface area contributed by atoms with Gasteiger partial charge in [0.25, 0.3) is 0 Å². The number of benzene rings is 1. The third-order valence-corrected chi connectivity index (χ3v) is 5.86. The quantitative estimate of drug-likeness (QED) is 0.667. The second kappa shape index (κ2) is 11.0. The Hall–Kier alpha value is -3.53. The van der Waals surface area contributed by atoms with Gasteiger partial charge in [-0.25, -0.2) is 9.59 Å². The molecule has 0 unspecified atom stereocenters. The first-order valence-electron chi connectivity index (χ1n) is 12.1. The molecule has 2 aliphatic heterocycles. The van der Waals surface area contributed by atoms with E-state index in [1.807, 2.05) is 30.3 Å². The maximum atomic E-state index is 13.2. The second-order valence-corrected chi connectivity index (χ2v) is 9.84. The topological polar surface area (TPSA) is 111 Å². The number of hydrogen-bond donors (Lipinski definition) is 1. The van der Waals surface area contributed by atoms with Crippen LogP contribution in [0.15, 0.2) is 42.6 Å². The van der Waals surface area contributed by atoms with E-state index in [-0.39, 0.29) is 19.7 Å². The summed E-state index contributed by atoms with van der Waals surface area (Å²) in [6.07, 6.45) is -0.144. The normalized spacial score (nSPS) is 19.4. The zero-order valence-electron chi connectivity index (χ0n) is 20.9. The fourth-order valence-electron chi connectivity index (χ4n) is 4.15. The summed E-state index contributed by atoms with van der Waals surface area (Å²) in [7, 11) is 0. The summed E-state index contributed by atoms with van der Waals surface area (Å²) >= 11 is 0. The highest BCUT2D eigenvalue weighted by Crippen LogP contribution is 2.30. The molecule has 10 nitrogen and oxygen atoms in total. The molecule has 36 heavy (non-hydrogen) atoms. The van der Waals surface area contributed by atoms with Crippen LogP contribution in [0.25, 0.3) is 0 Å². The number of nitrogens with zero attached hydrogens (tertiary/aromatic N) is 3. The molecule has 0 aliphatic carbocycles. The van der Waals surface area contributed by atoms with Gasteiger partial charge in [-0.05, 0) is 32.8 Å². The molecule has 3 heterocycles. The van der Waals surface area contributed by atoms with Crippen molar-refractivity contribution in [1.29, 1.82) is 0 Å². The highest BCUT2D eigenvalue weighted by Gasteiger charge is 2.38. The maximum Gasteiger partial charge on any atom is 0.410 e. The molecule has 2 atom stereocenters. The third kappa shape index (κ3) is 6.57. The zero-order valence-corrected chi connectivity index (χ0v) is 20.9. The van der Waals surface area contributed by atoms with Crippen molar-refractivity contribution in [2.24, 2.45) is 0 Å². The molecule has 1 saturated heterocycles. The molecular weight excluding hydrogens is 466 g/mol. The number of likely N-dealkylation sites (tertiary alicyclic amines) is 1. The average molecular weight is 500 g/mol. The van der Waals surface area contributed by atoms with Crippen LogP contribution in [0.4, 0.5) is 9.59 Å². The SMILES string of the molecule is CC(C)(C)OC(=O)N(Cc1cc2c(cn1)OCCO2)[C@H]1CCN(C(=O)OCc2ccccc2)C[C@H]1O. The Bertz CT molecular complexity index is 1060. The lowest BCUT2D eigenvalue weighted by molar-refractivity contribution is -0.0346. The molecule has 10 heteroatoms. The van der Waals surface area contributed by atoms with Crippen molar-refractivity contribution in [1.82, 2.24) is 14.8 Å². The molecule has 1 aromatic carbocycles. The number of piperidine rings is 1. The number of hydrogen-bond acceptors (Lipinski definition) is 8. The molecule has 0 bridgehead atoms. The van der Waals surface area contributed by atoms with Gasteiger partial charge in [0.1, 0.15) is 25.4 Å². The van der Waals surface area contributed by atoms with E-state index in [1.54, 1.807) is 33.0 Å². The predicted octanol–water partition coefficient (Wildman–Crippen LogP) is 3.36. The third-order valence-electron chi connectivity index (χ3n) is 5.86. The molecular formula is C26H33N3O7. The van der Waals surface area contributed by atoms with Gasteiger partial charge in [0.15, 0.2) is 11.5 Å². The number of aliphatic hydroxyl groups is 1. The molecule has 194 valence electrons. The predicted molar refractivity (Wildman–Crippen MR) is 130 cm³/mol. The average Bonchev–Trinajstić information content (AvgIpc) is 2.85. The van der Waals surface area contributed by atoms with E-state index in [0.717, 1.165) is 5.56 Å². The van der Waals surface area contributed by atoms with Crippen LogP contribution in [-0.2, 0) is 22.6 Å². The van der Waals surface area contributed by atoms with Crippen molar-refractivity contribution in [2.75, 3.05) is 26.3 Å². The molecule has 1 fully saturated rings. The number of ether oxygens (including phenoxy) is 4. The molecule has 2 aliphatic rings. The van der Waals surface area contributed by atoms with E-state index in [0.29, 0.717) is 43.4 Å². The summed E-state index contributed by atoms with van der Waals surface area (Å²) in [4.78, 5) is 33.1. The van der Waals surface area contributed by atoms with Gasteiger partial charge < -0.3 is 29.0 Å². The molecule has 4 rings (SSSR count). The smallest absolute Gasteiger partial charge is 0.410 e. The Labute approximate surface area is 210 Å². The Morgan fingerprint density at radius 3 is 2.58 bits per heavy atom. The van der Waals surface area contributed by atoms with Gasteiger partial charge in [-0.15, -0.1) is 0 Å². The number of aromatic nitrogens is 1. The molecule has 0 saturated carbocycles. The number of carbonyl (C=O) groups excluding carboxylic acids is 2. The Morgan fingerprint density at radius 2 is 1.89 bits per heavy atom. The number of β-amino-alcohol motifs (C(OH)–C–C–N with tert-alkyl or cyclic N) is 1. The van der Waals surface area contributed by atoms with Crippen LogP contribution in [0, 0.1) is 0 Å². The monoisotopic (exact) mass is 499 g/mol. The fraction of sp³-hybridized carbons (Fsp3) is 0.500. The van der Waals surface area contributed by atoms with Crippen molar-refractivity contribution in [3.05, 3.63) is 53.9 Å². The first-order chi connectivity index (χ1) is 17.2. The standard InChI is InChI=1S/C26H33N3O7/c1-26(2,3)36-25(32)29(15-19-13-22-23(14-27-19)34-12-11-33-22)20-9-10-28(16-21(20)30)24(31)35-17-18-7-5-4-6-8-18/h4-8,13-14,20-21,30H,9-12,15-17H2,1-3H3/t20-,21+/m0/s1. The van der Waals surface area contributed by atoms with Crippen molar-refractivity contribution in [2.45, 2.75) is 58.1 Å². The van der Waals surface area contributed by atoms with Crippen molar-refractivity contribution in [3.63, 3.8) is 0 Å². The first-order valence-corrected chi connectivity index (χ1v) is 12.1. The molecule has 0 spiro atoms. The van der Waals surface area contributed by atoms with Crippen LogP contribution < -0.4 is 9.47 Å². The van der Waals surface area contributed by atoms with E-state index < -0.39 is 29.9 Å². The first kappa shape index (κ1) is 25.6. The van der Waals surface area contributed by atoms with Crippen molar-refractivity contribution in [3.8, 4) is 11.5 Å². The van der Waals surface area contributed by atoms with Crippen LogP contribution in [0.1, 0.15) is 38.4 Å². The lowest BCUT2D eigenvalue weighted by atomic mass is 10.00. The largest absolute Gasteiger partial charge is 0.486 e. The highest BCUT2D eigenvalue weighted by atomic mass is 16.6. The number of aliphatic hydroxyl groups excluding tert-OH is 1. The summed E-state index contributed by atoms with van der Waals surface area (Å²) in [5.74, 6) is 1.11. The van der Waals surface area contributed by atoms with Gasteiger partial charge in [-0.1, -0.05) is 30.3 Å². The van der Waals surface area contributed by atoms with Gasteiger partial charge >= 0.3 is 12.2 Å². The summed E-state index contributed by atoms with van der Waals surface area (Å²) in [5, 5.41) is 11.0. The van der Waals surface area contributed by atoms with Crippen LogP contribution in [-0.4, -0.2) is 76.1 Å². The number of pyridine rings is 1. The van der Waals surface area contributed by atoms with Gasteiger partial charge in [0, 0.05) is 12.6 Å². The van der Waals surface area contributed by atoms with Crippen LogP contribution >= 0.6 is 0 Å². The number of amides is 2. The molecule has 1 N–H and O–H groups in total. The summed E-state index contributed by atoms with van der Waals surface area (Å²) in [6, 6.07) is 10.5. The van der Waals surface area contributed by atoms with Crippen LogP contribution in [0.2, 0.25) is 0 Å². The molecule has 0 radical (unpaired) electrons. The zero-order chi connectivity index (χ0) is 25.7. The molecule has 2 aromatic rings. The van der Waals surface area contributed by atoms with E-state index >= 15 is 0 Å². The highest BCUT2D eigenvalue weighted by molar-refractivity contribution is 5.70. The Balaban J connectivity index is 1.44. The van der Waals surface area contributed by atoms with Crippen LogP contribution in [0.3, 0.4) is 0 Å². The number of rotatable bonds is 5. The minimum absolute atomic E-state index is 0.0339. The minimum atomic E-state index is -0.993. The minimum Gasteiger partial charge on any atom is -0.486 e.